The van der Waals surface area contributed by atoms with Gasteiger partial charge in [0, 0.05) is 23.5 Å². The van der Waals surface area contributed by atoms with E-state index in [0.29, 0.717) is 6.42 Å². The number of benzene rings is 2. The third-order valence-corrected chi connectivity index (χ3v) is 6.03. The fraction of sp³-hybridized carbons (Fsp3) is 0.333. The van der Waals surface area contributed by atoms with Gasteiger partial charge in [-0.3, -0.25) is 19.2 Å². The van der Waals surface area contributed by atoms with E-state index in [1.54, 1.807) is 20.0 Å². The van der Waals surface area contributed by atoms with Crippen LogP contribution in [-0.4, -0.2) is 58.5 Å². The predicted octanol–water partition coefficient (Wildman–Crippen LogP) is 1.11. The largest absolute Gasteiger partial charge is 0.480 e. The second-order valence-electron chi connectivity index (χ2n) is 9.26. The van der Waals surface area contributed by atoms with Gasteiger partial charge in [0.05, 0.1) is 6.04 Å². The molecule has 0 radical (unpaired) electrons. The molecule has 196 valence electrons. The summed E-state index contributed by atoms with van der Waals surface area (Å²) in [6.07, 6.45) is 2.17. The summed E-state index contributed by atoms with van der Waals surface area (Å²) in [7, 11) is 0. The molecular formula is C27H33N5O5. The van der Waals surface area contributed by atoms with Gasteiger partial charge in [0.1, 0.15) is 18.6 Å². The molecule has 10 nitrogen and oxygen atoms in total. The average Bonchev–Trinajstić information content (AvgIpc) is 3.28. The Kier molecular flexibility index (Phi) is 9.39. The van der Waals surface area contributed by atoms with Crippen molar-refractivity contribution in [3.05, 3.63) is 71.9 Å². The van der Waals surface area contributed by atoms with Crippen molar-refractivity contribution >= 4 is 34.6 Å². The number of amides is 3. The van der Waals surface area contributed by atoms with Crippen LogP contribution in [0.15, 0.2) is 60.8 Å². The van der Waals surface area contributed by atoms with Crippen LogP contribution in [0.3, 0.4) is 0 Å². The van der Waals surface area contributed by atoms with Gasteiger partial charge >= 0.3 is 5.97 Å². The smallest absolute Gasteiger partial charge is 0.322 e. The number of para-hydroxylation sites is 1. The Morgan fingerprint density at radius 3 is 2.24 bits per heavy atom. The van der Waals surface area contributed by atoms with Crippen molar-refractivity contribution in [1.29, 1.82) is 0 Å². The van der Waals surface area contributed by atoms with Crippen LogP contribution in [-0.2, 0) is 32.0 Å². The van der Waals surface area contributed by atoms with Crippen LogP contribution in [0.25, 0.3) is 10.9 Å². The molecule has 3 aromatic rings. The maximum absolute atomic E-state index is 13.3. The van der Waals surface area contributed by atoms with E-state index >= 15 is 0 Å². The lowest BCUT2D eigenvalue weighted by Crippen LogP contribution is -2.58. The Labute approximate surface area is 215 Å². The highest BCUT2D eigenvalue weighted by atomic mass is 16.4. The lowest BCUT2D eigenvalue weighted by atomic mass is 9.99. The number of H-pyrrole nitrogens is 1. The molecule has 0 saturated carbocycles. The first-order chi connectivity index (χ1) is 17.7. The number of hydrogen-bond donors (Lipinski definition) is 6. The minimum absolute atomic E-state index is 0.119. The SMILES string of the molecule is CC(C)C(NC(=O)C(N)Cc1ccccc1)C(=O)NC(Cc1c[nH]c2ccccc12)C(=O)NCC(=O)O. The van der Waals surface area contributed by atoms with E-state index in [4.69, 9.17) is 10.8 Å². The standard InChI is InChI=1S/C27H33N5O5/c1-16(2)24(32-25(35)20(28)12-17-8-4-3-5-9-17)27(37)31-22(26(36)30-15-23(33)34)13-18-14-29-21-11-7-6-10-19(18)21/h3-11,14,16,20,22,24,29H,12-13,15,28H2,1-2H3,(H,30,36)(H,31,37)(H,32,35)(H,33,34). The van der Waals surface area contributed by atoms with Crippen molar-refractivity contribution in [2.75, 3.05) is 6.54 Å². The number of carbonyl (C=O) groups excluding carboxylic acids is 3. The zero-order valence-electron chi connectivity index (χ0n) is 20.9. The van der Waals surface area contributed by atoms with Gasteiger partial charge in [-0.1, -0.05) is 62.4 Å². The van der Waals surface area contributed by atoms with E-state index in [0.717, 1.165) is 22.0 Å². The monoisotopic (exact) mass is 507 g/mol. The molecule has 1 aromatic heterocycles. The summed E-state index contributed by atoms with van der Waals surface area (Å²) in [5.41, 5.74) is 8.63. The maximum Gasteiger partial charge on any atom is 0.322 e. The highest BCUT2D eigenvalue weighted by Gasteiger charge is 2.30. The lowest BCUT2D eigenvalue weighted by Gasteiger charge is -2.26. The van der Waals surface area contributed by atoms with Gasteiger partial charge in [0.15, 0.2) is 0 Å². The molecule has 7 N–H and O–H groups in total. The van der Waals surface area contributed by atoms with Crippen molar-refractivity contribution in [2.24, 2.45) is 11.7 Å². The number of aliphatic carboxylic acids is 1. The molecule has 0 bridgehead atoms. The highest BCUT2D eigenvalue weighted by molar-refractivity contribution is 5.94. The number of carboxylic acids is 1. The first-order valence-electron chi connectivity index (χ1n) is 12.1. The maximum atomic E-state index is 13.3. The summed E-state index contributed by atoms with van der Waals surface area (Å²) in [5.74, 6) is -3.20. The van der Waals surface area contributed by atoms with E-state index in [9.17, 15) is 19.2 Å². The number of aromatic nitrogens is 1. The van der Waals surface area contributed by atoms with Crippen molar-refractivity contribution < 1.29 is 24.3 Å². The molecule has 10 heteroatoms. The fourth-order valence-corrected chi connectivity index (χ4v) is 4.03. The highest BCUT2D eigenvalue weighted by Crippen LogP contribution is 2.19. The summed E-state index contributed by atoms with van der Waals surface area (Å²) < 4.78 is 0. The number of carbonyl (C=O) groups is 4. The molecule has 0 aliphatic rings. The van der Waals surface area contributed by atoms with Crippen LogP contribution in [0, 0.1) is 5.92 Å². The zero-order chi connectivity index (χ0) is 26.9. The van der Waals surface area contributed by atoms with Gasteiger partial charge in [-0.25, -0.2) is 0 Å². The molecule has 2 aromatic carbocycles. The molecule has 0 fully saturated rings. The Hall–Kier alpha value is -4.18. The van der Waals surface area contributed by atoms with E-state index in [1.165, 1.54) is 0 Å². The summed E-state index contributed by atoms with van der Waals surface area (Å²) in [6.45, 7) is 2.95. The van der Waals surface area contributed by atoms with Crippen LogP contribution < -0.4 is 21.7 Å². The Morgan fingerprint density at radius 2 is 1.57 bits per heavy atom. The molecule has 0 aliphatic carbocycles. The summed E-state index contributed by atoms with van der Waals surface area (Å²) in [6, 6.07) is 13.9. The van der Waals surface area contributed by atoms with Crippen molar-refractivity contribution in [2.45, 2.75) is 44.8 Å². The van der Waals surface area contributed by atoms with E-state index < -0.39 is 48.4 Å². The molecule has 0 spiro atoms. The minimum Gasteiger partial charge on any atom is -0.480 e. The molecular weight excluding hydrogens is 474 g/mol. The van der Waals surface area contributed by atoms with Gasteiger partial charge in [-0.05, 0) is 29.5 Å². The third kappa shape index (κ3) is 7.65. The lowest BCUT2D eigenvalue weighted by molar-refractivity contribution is -0.138. The van der Waals surface area contributed by atoms with Gasteiger partial charge in [0.2, 0.25) is 17.7 Å². The Bertz CT molecular complexity index is 1240. The molecule has 37 heavy (non-hydrogen) atoms. The molecule has 0 aliphatic heterocycles. The van der Waals surface area contributed by atoms with Gasteiger partial charge in [-0.15, -0.1) is 0 Å². The van der Waals surface area contributed by atoms with Crippen LogP contribution >= 0.6 is 0 Å². The van der Waals surface area contributed by atoms with E-state index in [-0.39, 0.29) is 12.3 Å². The number of rotatable bonds is 12. The number of nitrogens with one attached hydrogen (secondary N) is 4. The molecule has 0 saturated heterocycles. The van der Waals surface area contributed by atoms with Crippen molar-refractivity contribution in [1.82, 2.24) is 20.9 Å². The van der Waals surface area contributed by atoms with Gasteiger partial charge in [0.25, 0.3) is 0 Å². The summed E-state index contributed by atoms with van der Waals surface area (Å²) in [4.78, 5) is 53.1. The predicted molar refractivity (Wildman–Crippen MR) is 139 cm³/mol. The Morgan fingerprint density at radius 1 is 0.892 bits per heavy atom. The molecule has 3 rings (SSSR count). The van der Waals surface area contributed by atoms with Crippen LogP contribution in [0.1, 0.15) is 25.0 Å². The van der Waals surface area contributed by atoms with E-state index in [2.05, 4.69) is 20.9 Å². The fourth-order valence-electron chi connectivity index (χ4n) is 4.03. The first kappa shape index (κ1) is 27.4. The number of nitrogens with two attached hydrogens (primary N) is 1. The van der Waals surface area contributed by atoms with Crippen LogP contribution in [0.4, 0.5) is 0 Å². The minimum atomic E-state index is -1.20. The van der Waals surface area contributed by atoms with Crippen LogP contribution in [0.2, 0.25) is 0 Å². The van der Waals surface area contributed by atoms with E-state index in [1.807, 2.05) is 54.6 Å². The Balaban J connectivity index is 1.74. The van der Waals surface area contributed by atoms with Crippen LogP contribution in [0.5, 0.6) is 0 Å². The van der Waals surface area contributed by atoms with Gasteiger partial charge in [-0.2, -0.15) is 0 Å². The topological polar surface area (TPSA) is 166 Å². The summed E-state index contributed by atoms with van der Waals surface area (Å²) >= 11 is 0. The zero-order valence-corrected chi connectivity index (χ0v) is 20.9. The number of aromatic amines is 1. The normalized spacial score (nSPS) is 13.5. The summed E-state index contributed by atoms with van der Waals surface area (Å²) in [5, 5.41) is 17.6. The average molecular weight is 508 g/mol. The molecule has 3 amide bonds. The first-order valence-corrected chi connectivity index (χ1v) is 12.1. The second-order valence-corrected chi connectivity index (χ2v) is 9.26. The quantitative estimate of drug-likeness (QED) is 0.215. The van der Waals surface area contributed by atoms with Crippen molar-refractivity contribution in [3.63, 3.8) is 0 Å². The van der Waals surface area contributed by atoms with Crippen molar-refractivity contribution in [3.8, 4) is 0 Å². The number of fused-ring (bicyclic) bond motifs is 1. The third-order valence-electron chi connectivity index (χ3n) is 6.03. The molecule has 3 atom stereocenters. The molecule has 3 unspecified atom stereocenters. The van der Waals surface area contributed by atoms with Gasteiger partial charge < -0.3 is 31.8 Å². The number of carboxylic acid groups (broad SMARTS) is 1. The molecule has 1 heterocycles. The second kappa shape index (κ2) is 12.7. The number of hydrogen-bond acceptors (Lipinski definition) is 5.